The van der Waals surface area contributed by atoms with Crippen LogP contribution in [0.4, 0.5) is 13.2 Å². The molecule has 0 aromatic heterocycles. The number of hydrogen-bond acceptors (Lipinski definition) is 5. The largest absolute Gasteiger partial charge is 0.452 e. The van der Waals surface area contributed by atoms with Gasteiger partial charge in [-0.25, -0.2) is 4.79 Å². The van der Waals surface area contributed by atoms with E-state index in [9.17, 15) is 18.0 Å². The molecule has 1 unspecified atom stereocenters. The van der Waals surface area contributed by atoms with Crippen LogP contribution in [0, 0.1) is 0 Å². The third-order valence-corrected chi connectivity index (χ3v) is 3.64. The summed E-state index contributed by atoms with van der Waals surface area (Å²) in [5.74, 6) is -2.35. The van der Waals surface area contributed by atoms with Crippen molar-refractivity contribution in [3.63, 3.8) is 0 Å². The van der Waals surface area contributed by atoms with Gasteiger partial charge in [-0.05, 0) is 17.3 Å². The van der Waals surface area contributed by atoms with Crippen LogP contribution in [0.3, 0.4) is 0 Å². The first-order valence-corrected chi connectivity index (χ1v) is 7.62. The smallest absolute Gasteiger partial charge is 0.422 e. The number of oxime groups is 1. The predicted molar refractivity (Wildman–Crippen MR) is 85.3 cm³/mol. The predicted octanol–water partition coefficient (Wildman–Crippen LogP) is 3.99. The Balaban J connectivity index is 1.82. The van der Waals surface area contributed by atoms with E-state index < -0.39 is 24.5 Å². The number of ether oxygens (including phenoxy) is 2. The van der Waals surface area contributed by atoms with Crippen molar-refractivity contribution >= 4 is 11.9 Å². The van der Waals surface area contributed by atoms with E-state index in [2.05, 4.69) is 9.89 Å². The van der Waals surface area contributed by atoms with Crippen LogP contribution in [0.1, 0.15) is 28.4 Å². The average Bonchev–Trinajstić information content (AvgIpc) is 3.03. The van der Waals surface area contributed by atoms with E-state index in [1.54, 1.807) is 37.3 Å². The zero-order valence-electron chi connectivity index (χ0n) is 13.6. The molecular weight excluding hydrogens is 351 g/mol. The van der Waals surface area contributed by atoms with Crippen molar-refractivity contribution in [2.75, 3.05) is 6.61 Å². The van der Waals surface area contributed by atoms with E-state index in [4.69, 9.17) is 9.57 Å². The van der Waals surface area contributed by atoms with Crippen molar-refractivity contribution in [1.29, 1.82) is 0 Å². The standard InChI is InChI=1S/C18H14F3NO4/c1-17(12-7-3-2-4-8-12)25-15(22-26-17)13-9-5-6-10-14(13)16(23)24-11-18(19,20)21/h2-10H,11H2,1H3. The summed E-state index contributed by atoms with van der Waals surface area (Å²) in [6.45, 7) is -0.0326. The maximum absolute atomic E-state index is 12.3. The van der Waals surface area contributed by atoms with Gasteiger partial charge < -0.3 is 14.3 Å². The molecule has 0 saturated heterocycles. The molecular formula is C18H14F3NO4. The van der Waals surface area contributed by atoms with Crippen LogP contribution in [0.25, 0.3) is 0 Å². The third-order valence-electron chi connectivity index (χ3n) is 3.64. The van der Waals surface area contributed by atoms with E-state index >= 15 is 0 Å². The van der Waals surface area contributed by atoms with Gasteiger partial charge in [-0.3, -0.25) is 0 Å². The summed E-state index contributed by atoms with van der Waals surface area (Å²) in [5.41, 5.74) is 0.770. The monoisotopic (exact) mass is 365 g/mol. The number of rotatable bonds is 4. The van der Waals surface area contributed by atoms with Crippen LogP contribution in [0.2, 0.25) is 0 Å². The van der Waals surface area contributed by atoms with Gasteiger partial charge in [0.1, 0.15) is 0 Å². The molecule has 5 nitrogen and oxygen atoms in total. The highest BCUT2D eigenvalue weighted by molar-refractivity contribution is 6.05. The Labute approximate surface area is 147 Å². The third kappa shape index (κ3) is 3.79. The molecule has 3 rings (SSSR count). The van der Waals surface area contributed by atoms with E-state index in [1.165, 1.54) is 18.2 Å². The minimum Gasteiger partial charge on any atom is -0.452 e. The molecule has 0 aliphatic carbocycles. The highest BCUT2D eigenvalue weighted by Crippen LogP contribution is 2.34. The van der Waals surface area contributed by atoms with E-state index in [-0.39, 0.29) is 17.0 Å². The maximum atomic E-state index is 12.3. The van der Waals surface area contributed by atoms with Crippen LogP contribution in [-0.4, -0.2) is 24.7 Å². The molecule has 2 aromatic carbocycles. The number of esters is 1. The lowest BCUT2D eigenvalue weighted by Crippen LogP contribution is -2.26. The second kappa shape index (κ2) is 6.70. The van der Waals surface area contributed by atoms with E-state index in [0.29, 0.717) is 5.56 Å². The van der Waals surface area contributed by atoms with Gasteiger partial charge in [0, 0.05) is 12.5 Å². The molecule has 136 valence electrons. The first-order chi connectivity index (χ1) is 12.3. The number of carbonyl (C=O) groups is 1. The summed E-state index contributed by atoms with van der Waals surface area (Å²) in [7, 11) is 0. The van der Waals surface area contributed by atoms with Crippen molar-refractivity contribution in [1.82, 2.24) is 0 Å². The van der Waals surface area contributed by atoms with Crippen LogP contribution < -0.4 is 0 Å². The topological polar surface area (TPSA) is 57.1 Å². The summed E-state index contributed by atoms with van der Waals surface area (Å²) in [6, 6.07) is 14.9. The van der Waals surface area contributed by atoms with E-state index in [0.717, 1.165) is 0 Å². The number of alkyl halides is 3. The molecule has 0 N–H and O–H groups in total. The number of halogens is 3. The van der Waals surface area contributed by atoms with Crippen LogP contribution in [-0.2, 0) is 20.1 Å². The SMILES string of the molecule is CC1(c2ccccc2)ON=C(c2ccccc2C(=O)OCC(F)(F)F)O1. The number of benzene rings is 2. The lowest BCUT2D eigenvalue weighted by Gasteiger charge is -2.21. The van der Waals surface area contributed by atoms with Crippen molar-refractivity contribution < 1.29 is 32.3 Å². The molecule has 26 heavy (non-hydrogen) atoms. The molecule has 1 heterocycles. The van der Waals surface area contributed by atoms with Crippen molar-refractivity contribution in [2.45, 2.75) is 18.9 Å². The van der Waals surface area contributed by atoms with Crippen molar-refractivity contribution in [2.24, 2.45) is 5.16 Å². The molecule has 1 aliphatic heterocycles. The van der Waals surface area contributed by atoms with Gasteiger partial charge >= 0.3 is 17.9 Å². The summed E-state index contributed by atoms with van der Waals surface area (Å²) in [4.78, 5) is 17.4. The van der Waals surface area contributed by atoms with Gasteiger partial charge in [0.15, 0.2) is 6.61 Å². The molecule has 8 heteroatoms. The highest BCUT2D eigenvalue weighted by atomic mass is 19.4. The summed E-state index contributed by atoms with van der Waals surface area (Å²) < 4.78 is 46.9. The molecule has 0 saturated carbocycles. The lowest BCUT2D eigenvalue weighted by atomic mass is 10.1. The second-order valence-corrected chi connectivity index (χ2v) is 5.64. The Morgan fingerprint density at radius 2 is 1.77 bits per heavy atom. The molecule has 2 aromatic rings. The molecule has 0 fully saturated rings. The van der Waals surface area contributed by atoms with Crippen molar-refractivity contribution in [3.05, 3.63) is 71.3 Å². The van der Waals surface area contributed by atoms with Crippen LogP contribution >= 0.6 is 0 Å². The Kier molecular flexibility index (Phi) is 4.58. The highest BCUT2D eigenvalue weighted by Gasteiger charge is 2.39. The van der Waals surface area contributed by atoms with Gasteiger partial charge in [0.25, 0.3) is 5.90 Å². The lowest BCUT2D eigenvalue weighted by molar-refractivity contribution is -0.161. The quantitative estimate of drug-likeness (QED) is 0.769. The Morgan fingerprint density at radius 1 is 1.12 bits per heavy atom. The normalized spacial score (nSPS) is 19.3. The minimum absolute atomic E-state index is 0.0177. The van der Waals surface area contributed by atoms with Crippen LogP contribution in [0.15, 0.2) is 59.8 Å². The summed E-state index contributed by atoms with van der Waals surface area (Å²) in [6.07, 6.45) is -4.61. The molecule has 1 atom stereocenters. The Morgan fingerprint density at radius 3 is 2.46 bits per heavy atom. The molecule has 0 spiro atoms. The van der Waals surface area contributed by atoms with Gasteiger partial charge in [0.05, 0.1) is 11.1 Å². The number of carbonyl (C=O) groups excluding carboxylic acids is 1. The first kappa shape index (κ1) is 17.8. The zero-order chi connectivity index (χ0) is 18.8. The maximum Gasteiger partial charge on any atom is 0.422 e. The molecule has 1 aliphatic rings. The fourth-order valence-electron chi connectivity index (χ4n) is 2.38. The van der Waals surface area contributed by atoms with Crippen molar-refractivity contribution in [3.8, 4) is 0 Å². The summed E-state index contributed by atoms with van der Waals surface area (Å²) >= 11 is 0. The van der Waals surface area contributed by atoms with Gasteiger partial charge in [0.2, 0.25) is 0 Å². The zero-order valence-corrected chi connectivity index (χ0v) is 13.6. The molecule has 0 radical (unpaired) electrons. The Bertz CT molecular complexity index is 836. The fourth-order valence-corrected chi connectivity index (χ4v) is 2.38. The molecule has 0 bridgehead atoms. The Hall–Kier alpha value is -3.03. The number of nitrogens with zero attached hydrogens (tertiary/aromatic N) is 1. The minimum atomic E-state index is -4.61. The van der Waals surface area contributed by atoms with Crippen LogP contribution in [0.5, 0.6) is 0 Å². The van der Waals surface area contributed by atoms with E-state index in [1.807, 2.05) is 6.07 Å². The fraction of sp³-hybridized carbons (Fsp3) is 0.222. The van der Waals surface area contributed by atoms with Gasteiger partial charge in [-0.15, -0.1) is 0 Å². The first-order valence-electron chi connectivity index (χ1n) is 7.62. The van der Waals surface area contributed by atoms with Gasteiger partial charge in [-0.1, -0.05) is 42.5 Å². The van der Waals surface area contributed by atoms with Gasteiger partial charge in [-0.2, -0.15) is 13.2 Å². The average molecular weight is 365 g/mol. The molecule has 0 amide bonds. The summed E-state index contributed by atoms with van der Waals surface area (Å²) in [5, 5.41) is 3.85. The number of hydrogen-bond donors (Lipinski definition) is 0. The second-order valence-electron chi connectivity index (χ2n) is 5.64.